The van der Waals surface area contributed by atoms with E-state index in [1.165, 1.54) is 0 Å². The fourth-order valence-electron chi connectivity index (χ4n) is 3.77. The molecule has 2 heterocycles. The lowest BCUT2D eigenvalue weighted by Gasteiger charge is -2.24. The van der Waals surface area contributed by atoms with Gasteiger partial charge in [-0.05, 0) is 36.4 Å². The second-order valence-corrected chi connectivity index (χ2v) is 7.12. The molecule has 1 atom stereocenters. The Labute approximate surface area is 180 Å². The minimum atomic E-state index is -0.469. The van der Waals surface area contributed by atoms with Gasteiger partial charge in [0.2, 0.25) is 5.91 Å². The molecule has 0 bridgehead atoms. The van der Waals surface area contributed by atoms with Gasteiger partial charge in [0.1, 0.15) is 11.5 Å². The van der Waals surface area contributed by atoms with Crippen molar-refractivity contribution in [2.75, 3.05) is 19.1 Å². The van der Waals surface area contributed by atoms with Crippen molar-refractivity contribution in [3.63, 3.8) is 0 Å². The molecule has 1 N–H and O–H groups in total. The number of carbonyl (C=O) groups excluding carboxylic acids is 2. The summed E-state index contributed by atoms with van der Waals surface area (Å²) >= 11 is 0. The summed E-state index contributed by atoms with van der Waals surface area (Å²) in [4.78, 5) is 31.9. The number of hydrogen-bond donors (Lipinski definition) is 1. The number of para-hydroxylation sites is 1. The second kappa shape index (κ2) is 8.87. The normalized spacial score (nSPS) is 14.8. The first kappa shape index (κ1) is 20.4. The number of nitrogens with zero attached hydrogens (tertiary/aromatic N) is 2. The van der Waals surface area contributed by atoms with Gasteiger partial charge in [0.15, 0.2) is 0 Å². The van der Waals surface area contributed by atoms with Crippen molar-refractivity contribution in [3.8, 4) is 11.5 Å². The Morgan fingerprint density at radius 3 is 2.61 bits per heavy atom. The average molecular weight is 417 g/mol. The zero-order valence-corrected chi connectivity index (χ0v) is 17.4. The molecule has 1 aliphatic rings. The highest BCUT2D eigenvalue weighted by Gasteiger charge is 2.39. The van der Waals surface area contributed by atoms with Crippen LogP contribution in [-0.4, -0.2) is 31.0 Å². The Bertz CT molecular complexity index is 1100. The van der Waals surface area contributed by atoms with Gasteiger partial charge in [-0.2, -0.15) is 0 Å². The van der Waals surface area contributed by atoms with Crippen LogP contribution in [0.5, 0.6) is 11.5 Å². The molecular formula is C24H23N3O4. The quantitative estimate of drug-likeness (QED) is 0.636. The number of pyridine rings is 1. The van der Waals surface area contributed by atoms with E-state index in [4.69, 9.17) is 9.47 Å². The van der Waals surface area contributed by atoms with Gasteiger partial charge >= 0.3 is 0 Å². The van der Waals surface area contributed by atoms with E-state index in [0.717, 1.165) is 11.3 Å². The van der Waals surface area contributed by atoms with E-state index in [9.17, 15) is 9.59 Å². The fraction of sp³-hybridized carbons (Fsp3) is 0.208. The smallest absolute Gasteiger partial charge is 0.260 e. The Morgan fingerprint density at radius 1 is 1.06 bits per heavy atom. The summed E-state index contributed by atoms with van der Waals surface area (Å²) in [5.74, 6) is 0.977. The molecule has 0 saturated heterocycles. The predicted octanol–water partition coefficient (Wildman–Crippen LogP) is 3.51. The Morgan fingerprint density at radius 2 is 1.87 bits per heavy atom. The first-order valence-corrected chi connectivity index (χ1v) is 9.93. The Hall–Kier alpha value is -3.87. The summed E-state index contributed by atoms with van der Waals surface area (Å²) in [6.45, 7) is 0.299. The third-order valence-electron chi connectivity index (χ3n) is 5.30. The SMILES string of the molecule is COc1ccc(CNC(=O)CC2c3ncccc3C(=O)N2c2ccccc2)c(OC)c1. The molecule has 0 fully saturated rings. The number of amides is 2. The van der Waals surface area contributed by atoms with Crippen LogP contribution in [0.1, 0.15) is 34.1 Å². The minimum absolute atomic E-state index is 0.100. The van der Waals surface area contributed by atoms with Gasteiger partial charge in [-0.3, -0.25) is 19.5 Å². The van der Waals surface area contributed by atoms with Crippen LogP contribution < -0.4 is 19.7 Å². The standard InChI is InChI=1S/C24H23N3O4/c1-30-18-11-10-16(21(13-18)31-2)15-26-22(28)14-20-23-19(9-6-12-25-23)24(29)27(20)17-7-4-3-5-8-17/h3-13,20H,14-15H2,1-2H3,(H,26,28). The van der Waals surface area contributed by atoms with Gasteiger partial charge in [0, 0.05) is 30.1 Å². The van der Waals surface area contributed by atoms with Crippen LogP contribution in [-0.2, 0) is 11.3 Å². The molecule has 158 valence electrons. The maximum atomic E-state index is 13.0. The highest BCUT2D eigenvalue weighted by Crippen LogP contribution is 2.38. The van der Waals surface area contributed by atoms with E-state index in [-0.39, 0.29) is 18.2 Å². The molecule has 7 nitrogen and oxygen atoms in total. The van der Waals surface area contributed by atoms with Gasteiger partial charge < -0.3 is 14.8 Å². The first-order valence-electron chi connectivity index (χ1n) is 9.93. The van der Waals surface area contributed by atoms with Gasteiger partial charge in [0.25, 0.3) is 5.91 Å². The van der Waals surface area contributed by atoms with E-state index in [1.807, 2.05) is 42.5 Å². The van der Waals surface area contributed by atoms with Crippen LogP contribution >= 0.6 is 0 Å². The Balaban J connectivity index is 1.53. The lowest BCUT2D eigenvalue weighted by Crippen LogP contribution is -2.33. The molecule has 3 aromatic rings. The fourth-order valence-corrected chi connectivity index (χ4v) is 3.77. The molecule has 0 spiro atoms. The molecule has 0 aliphatic carbocycles. The maximum Gasteiger partial charge on any atom is 0.260 e. The second-order valence-electron chi connectivity index (χ2n) is 7.12. The van der Waals surface area contributed by atoms with Crippen molar-refractivity contribution in [1.82, 2.24) is 10.3 Å². The van der Waals surface area contributed by atoms with Crippen LogP contribution in [0.4, 0.5) is 5.69 Å². The highest BCUT2D eigenvalue weighted by molar-refractivity contribution is 6.11. The molecule has 0 radical (unpaired) electrons. The molecule has 1 aromatic heterocycles. The molecule has 0 saturated carbocycles. The summed E-state index contributed by atoms with van der Waals surface area (Å²) in [6, 6.07) is 17.8. The summed E-state index contributed by atoms with van der Waals surface area (Å²) in [6.07, 6.45) is 1.75. The number of aromatic nitrogens is 1. The molecule has 4 rings (SSSR count). The number of anilines is 1. The third-order valence-corrected chi connectivity index (χ3v) is 5.30. The summed E-state index contributed by atoms with van der Waals surface area (Å²) in [5.41, 5.74) is 2.72. The number of ether oxygens (including phenoxy) is 2. The molecule has 2 amide bonds. The van der Waals surface area contributed by atoms with Crippen molar-refractivity contribution in [2.45, 2.75) is 19.0 Å². The van der Waals surface area contributed by atoms with Crippen molar-refractivity contribution >= 4 is 17.5 Å². The largest absolute Gasteiger partial charge is 0.497 e. The zero-order chi connectivity index (χ0) is 21.8. The van der Waals surface area contributed by atoms with Crippen LogP contribution in [0.15, 0.2) is 66.9 Å². The lowest BCUT2D eigenvalue weighted by molar-refractivity contribution is -0.121. The van der Waals surface area contributed by atoms with E-state index < -0.39 is 6.04 Å². The van der Waals surface area contributed by atoms with Crippen LogP contribution in [0.25, 0.3) is 0 Å². The topological polar surface area (TPSA) is 80.8 Å². The van der Waals surface area contributed by atoms with Gasteiger partial charge in [-0.25, -0.2) is 0 Å². The van der Waals surface area contributed by atoms with Crippen molar-refractivity contribution in [3.05, 3.63) is 83.7 Å². The Kier molecular flexibility index (Phi) is 5.84. The van der Waals surface area contributed by atoms with Crippen LogP contribution in [0, 0.1) is 0 Å². The summed E-state index contributed by atoms with van der Waals surface area (Å²) in [7, 11) is 3.16. The predicted molar refractivity (Wildman–Crippen MR) is 116 cm³/mol. The molecule has 1 unspecified atom stereocenters. The van der Waals surface area contributed by atoms with Crippen molar-refractivity contribution in [2.24, 2.45) is 0 Å². The van der Waals surface area contributed by atoms with E-state index >= 15 is 0 Å². The van der Waals surface area contributed by atoms with Gasteiger partial charge in [0.05, 0.1) is 37.9 Å². The van der Waals surface area contributed by atoms with Crippen molar-refractivity contribution in [1.29, 1.82) is 0 Å². The van der Waals surface area contributed by atoms with E-state index in [1.54, 1.807) is 43.5 Å². The van der Waals surface area contributed by atoms with Gasteiger partial charge in [-0.1, -0.05) is 18.2 Å². The highest BCUT2D eigenvalue weighted by atomic mass is 16.5. The zero-order valence-electron chi connectivity index (χ0n) is 17.4. The maximum absolute atomic E-state index is 13.0. The molecular weight excluding hydrogens is 394 g/mol. The number of methoxy groups -OCH3 is 2. The number of carbonyl (C=O) groups is 2. The monoisotopic (exact) mass is 417 g/mol. The number of benzene rings is 2. The van der Waals surface area contributed by atoms with Crippen molar-refractivity contribution < 1.29 is 19.1 Å². The molecule has 31 heavy (non-hydrogen) atoms. The first-order chi connectivity index (χ1) is 15.1. The third kappa shape index (κ3) is 4.07. The number of nitrogens with one attached hydrogen (secondary N) is 1. The summed E-state index contributed by atoms with van der Waals surface area (Å²) < 4.78 is 10.6. The van der Waals surface area contributed by atoms with E-state index in [0.29, 0.717) is 29.3 Å². The number of hydrogen-bond acceptors (Lipinski definition) is 5. The lowest BCUT2D eigenvalue weighted by atomic mass is 10.1. The van der Waals surface area contributed by atoms with Crippen LogP contribution in [0.2, 0.25) is 0 Å². The average Bonchev–Trinajstić information content (AvgIpc) is 3.09. The molecule has 7 heteroatoms. The van der Waals surface area contributed by atoms with Gasteiger partial charge in [-0.15, -0.1) is 0 Å². The van der Waals surface area contributed by atoms with Crippen LogP contribution in [0.3, 0.4) is 0 Å². The molecule has 1 aliphatic heterocycles. The summed E-state index contributed by atoms with van der Waals surface area (Å²) in [5, 5.41) is 2.93. The molecule has 2 aromatic carbocycles. The number of rotatable bonds is 7. The number of fused-ring (bicyclic) bond motifs is 1. The van der Waals surface area contributed by atoms with E-state index in [2.05, 4.69) is 10.3 Å². The minimum Gasteiger partial charge on any atom is -0.497 e.